The molecule has 2 fully saturated rings. The van der Waals surface area contributed by atoms with Crippen LogP contribution in [0.15, 0.2) is 4.99 Å². The average molecular weight is 273 g/mol. The maximum Gasteiger partial charge on any atom is 0.191 e. The number of thioether (sulfide) groups is 1. The van der Waals surface area contributed by atoms with Crippen LogP contribution in [0.4, 0.5) is 0 Å². The van der Waals surface area contributed by atoms with E-state index in [9.17, 15) is 5.11 Å². The summed E-state index contributed by atoms with van der Waals surface area (Å²) in [5.74, 6) is 3.49. The Hall–Kier alpha value is -0.460. The van der Waals surface area contributed by atoms with Crippen LogP contribution in [0.2, 0.25) is 0 Å². The Labute approximate surface area is 113 Å². The minimum Gasteiger partial charge on any atom is -0.389 e. The van der Waals surface area contributed by atoms with E-state index in [2.05, 4.69) is 9.89 Å². The van der Waals surface area contributed by atoms with E-state index in [1.165, 1.54) is 12.8 Å². The fourth-order valence-electron chi connectivity index (χ4n) is 1.80. The lowest BCUT2D eigenvalue weighted by atomic mass is 10.4. The largest absolute Gasteiger partial charge is 0.389 e. The van der Waals surface area contributed by atoms with Crippen molar-refractivity contribution in [2.75, 3.05) is 44.4 Å². The monoisotopic (exact) mass is 273 g/mol. The Morgan fingerprint density at radius 3 is 2.83 bits per heavy atom. The molecule has 5 nitrogen and oxygen atoms in total. The van der Waals surface area contributed by atoms with Gasteiger partial charge in [0.25, 0.3) is 0 Å². The molecule has 2 rings (SSSR count). The van der Waals surface area contributed by atoms with Gasteiger partial charge in [0.2, 0.25) is 0 Å². The van der Waals surface area contributed by atoms with Crippen molar-refractivity contribution < 1.29 is 9.84 Å². The number of aliphatic hydroxyl groups excluding tert-OH is 1. The molecule has 1 saturated carbocycles. The predicted octanol–water partition coefficient (Wildman–Crippen LogP) is 0.137. The molecule has 6 heteroatoms. The van der Waals surface area contributed by atoms with Crippen LogP contribution >= 0.6 is 11.8 Å². The van der Waals surface area contributed by atoms with Crippen molar-refractivity contribution in [3.05, 3.63) is 0 Å². The number of nitrogens with zero attached hydrogens (tertiary/aromatic N) is 2. The predicted molar refractivity (Wildman–Crippen MR) is 74.9 cm³/mol. The summed E-state index contributed by atoms with van der Waals surface area (Å²) in [7, 11) is 0. The molecule has 2 aliphatic rings. The van der Waals surface area contributed by atoms with Crippen molar-refractivity contribution in [2.24, 2.45) is 16.6 Å². The van der Waals surface area contributed by atoms with E-state index in [0.717, 1.165) is 37.1 Å². The van der Waals surface area contributed by atoms with Gasteiger partial charge in [0.05, 0.1) is 19.3 Å². The summed E-state index contributed by atoms with van der Waals surface area (Å²) >= 11 is 1.94. The number of aliphatic hydroxyl groups is 1. The summed E-state index contributed by atoms with van der Waals surface area (Å²) in [6.07, 6.45) is 2.00. The molecular formula is C12H23N3O2S. The van der Waals surface area contributed by atoms with E-state index >= 15 is 0 Å². The Balaban J connectivity index is 1.60. The number of nitrogens with two attached hydrogens (primary N) is 1. The summed E-state index contributed by atoms with van der Waals surface area (Å²) in [5, 5.41) is 9.72. The van der Waals surface area contributed by atoms with E-state index in [1.807, 2.05) is 11.8 Å². The molecule has 1 heterocycles. The van der Waals surface area contributed by atoms with Gasteiger partial charge >= 0.3 is 0 Å². The topological polar surface area (TPSA) is 71.1 Å². The second kappa shape index (κ2) is 7.21. The zero-order chi connectivity index (χ0) is 12.8. The third kappa shape index (κ3) is 5.04. The highest BCUT2D eigenvalue weighted by Crippen LogP contribution is 2.28. The molecule has 0 bridgehead atoms. The molecule has 1 aliphatic heterocycles. The van der Waals surface area contributed by atoms with Crippen LogP contribution in [0.5, 0.6) is 0 Å². The summed E-state index contributed by atoms with van der Waals surface area (Å²) < 4.78 is 5.42. The van der Waals surface area contributed by atoms with E-state index < -0.39 is 6.10 Å². The lowest BCUT2D eigenvalue weighted by Crippen LogP contribution is -2.43. The molecule has 0 aromatic heterocycles. The highest BCUT2D eigenvalue weighted by Gasteiger charge is 2.21. The molecule has 1 atom stereocenters. The van der Waals surface area contributed by atoms with Gasteiger partial charge < -0.3 is 20.5 Å². The molecule has 3 N–H and O–H groups in total. The van der Waals surface area contributed by atoms with Gasteiger partial charge in [0.1, 0.15) is 0 Å². The molecule has 0 aromatic carbocycles. The van der Waals surface area contributed by atoms with E-state index in [4.69, 9.17) is 10.5 Å². The first-order valence-corrected chi connectivity index (χ1v) is 7.79. The summed E-state index contributed by atoms with van der Waals surface area (Å²) in [5.41, 5.74) is 5.90. The molecule has 0 aromatic rings. The van der Waals surface area contributed by atoms with Crippen LogP contribution in [-0.4, -0.2) is 66.4 Å². The Morgan fingerprint density at radius 2 is 2.17 bits per heavy atom. The first kappa shape index (κ1) is 14.0. The van der Waals surface area contributed by atoms with Crippen LogP contribution < -0.4 is 5.73 Å². The quantitative estimate of drug-likeness (QED) is 0.532. The van der Waals surface area contributed by atoms with E-state index in [0.29, 0.717) is 19.1 Å². The van der Waals surface area contributed by atoms with Gasteiger partial charge in [-0.1, -0.05) is 0 Å². The smallest absolute Gasteiger partial charge is 0.191 e. The summed E-state index contributed by atoms with van der Waals surface area (Å²) in [6, 6.07) is 0. The number of aliphatic imine (C=N–C) groups is 1. The first-order chi connectivity index (χ1) is 8.75. The van der Waals surface area contributed by atoms with Crippen LogP contribution in [0, 0.1) is 5.92 Å². The van der Waals surface area contributed by atoms with Crippen molar-refractivity contribution >= 4 is 17.7 Å². The molecule has 1 saturated heterocycles. The Kier molecular flexibility index (Phi) is 5.59. The highest BCUT2D eigenvalue weighted by atomic mass is 32.2. The van der Waals surface area contributed by atoms with Crippen molar-refractivity contribution in [1.29, 1.82) is 0 Å². The standard InChI is InChI=1S/C12H23N3O2S/c13-12(15-3-5-18-6-4-15)14-7-11(16)9-17-8-10-1-2-10/h10-11,16H,1-9H2,(H2,13,14). The van der Waals surface area contributed by atoms with Gasteiger partial charge in [-0.15, -0.1) is 0 Å². The van der Waals surface area contributed by atoms with Crippen LogP contribution in [0.25, 0.3) is 0 Å². The molecule has 0 spiro atoms. The Morgan fingerprint density at radius 1 is 1.44 bits per heavy atom. The van der Waals surface area contributed by atoms with E-state index in [1.54, 1.807) is 0 Å². The first-order valence-electron chi connectivity index (χ1n) is 6.64. The van der Waals surface area contributed by atoms with Crippen molar-refractivity contribution in [3.8, 4) is 0 Å². The van der Waals surface area contributed by atoms with Gasteiger partial charge in [-0.05, 0) is 18.8 Å². The molecular weight excluding hydrogens is 250 g/mol. The number of hydrogen-bond donors (Lipinski definition) is 2. The lowest BCUT2D eigenvalue weighted by molar-refractivity contribution is 0.0368. The molecule has 1 unspecified atom stereocenters. The molecule has 18 heavy (non-hydrogen) atoms. The molecule has 0 radical (unpaired) electrons. The van der Waals surface area contributed by atoms with Crippen LogP contribution in [0.1, 0.15) is 12.8 Å². The number of rotatable bonds is 6. The minimum atomic E-state index is -0.540. The number of ether oxygens (including phenoxy) is 1. The summed E-state index contributed by atoms with van der Waals surface area (Å²) in [4.78, 5) is 6.32. The fourth-order valence-corrected chi connectivity index (χ4v) is 2.70. The van der Waals surface area contributed by atoms with Crippen molar-refractivity contribution in [3.63, 3.8) is 0 Å². The van der Waals surface area contributed by atoms with Gasteiger partial charge in [0.15, 0.2) is 5.96 Å². The number of hydrogen-bond acceptors (Lipinski definition) is 4. The minimum absolute atomic E-state index is 0.333. The molecule has 0 amide bonds. The SMILES string of the molecule is NC(=NCC(O)COCC1CC1)N1CCSCC1. The number of guanidine groups is 1. The molecule has 104 valence electrons. The fraction of sp³-hybridized carbons (Fsp3) is 0.917. The zero-order valence-electron chi connectivity index (χ0n) is 10.8. The van der Waals surface area contributed by atoms with Gasteiger partial charge in [-0.2, -0.15) is 11.8 Å². The second-order valence-electron chi connectivity index (χ2n) is 4.93. The third-order valence-corrected chi connectivity index (χ3v) is 4.10. The molecule has 1 aliphatic carbocycles. The van der Waals surface area contributed by atoms with Gasteiger partial charge in [-0.3, -0.25) is 4.99 Å². The normalized spacial score (nSPS) is 23.2. The van der Waals surface area contributed by atoms with Gasteiger partial charge in [0, 0.05) is 31.2 Å². The average Bonchev–Trinajstić information content (AvgIpc) is 3.21. The van der Waals surface area contributed by atoms with Gasteiger partial charge in [-0.25, -0.2) is 0 Å². The summed E-state index contributed by atoms with van der Waals surface area (Å²) in [6.45, 7) is 3.38. The van der Waals surface area contributed by atoms with Crippen LogP contribution in [-0.2, 0) is 4.74 Å². The lowest BCUT2D eigenvalue weighted by Gasteiger charge is -2.27. The van der Waals surface area contributed by atoms with Crippen molar-refractivity contribution in [1.82, 2.24) is 4.90 Å². The Bertz CT molecular complexity index is 278. The maximum absolute atomic E-state index is 9.72. The van der Waals surface area contributed by atoms with Crippen molar-refractivity contribution in [2.45, 2.75) is 18.9 Å². The highest BCUT2D eigenvalue weighted by molar-refractivity contribution is 7.99. The van der Waals surface area contributed by atoms with E-state index in [-0.39, 0.29) is 0 Å². The van der Waals surface area contributed by atoms with Crippen LogP contribution in [0.3, 0.4) is 0 Å². The maximum atomic E-state index is 9.72. The third-order valence-electron chi connectivity index (χ3n) is 3.16. The second-order valence-corrected chi connectivity index (χ2v) is 6.16. The zero-order valence-corrected chi connectivity index (χ0v) is 11.6.